The van der Waals surface area contributed by atoms with Gasteiger partial charge >= 0.3 is 0 Å². The summed E-state index contributed by atoms with van der Waals surface area (Å²) in [7, 11) is 0. The molecule has 40 heavy (non-hydrogen) atoms. The first-order valence-corrected chi connectivity index (χ1v) is 13.2. The van der Waals surface area contributed by atoms with Crippen molar-refractivity contribution in [2.24, 2.45) is 0 Å². The molecule has 0 bridgehead atoms. The molecule has 2 atom stereocenters. The van der Waals surface area contributed by atoms with Gasteiger partial charge in [0.05, 0.1) is 11.6 Å². The summed E-state index contributed by atoms with van der Waals surface area (Å²) in [6.45, 7) is 1.53. The molecular formula is C29H28FN5O5. The van der Waals surface area contributed by atoms with Crippen LogP contribution in [-0.4, -0.2) is 59.3 Å². The Balaban J connectivity index is 1.40. The largest absolute Gasteiger partial charge is 0.486 e. The zero-order chi connectivity index (χ0) is 27.5. The van der Waals surface area contributed by atoms with Crippen molar-refractivity contribution in [3.8, 4) is 11.5 Å². The second kappa shape index (κ2) is 11.3. The third-order valence-electron chi connectivity index (χ3n) is 7.00. The van der Waals surface area contributed by atoms with Crippen molar-refractivity contribution in [3.05, 3.63) is 78.1 Å². The number of amides is 2. The number of ether oxygens (including phenoxy) is 3. The van der Waals surface area contributed by atoms with Gasteiger partial charge in [-0.25, -0.2) is 9.07 Å². The van der Waals surface area contributed by atoms with E-state index in [2.05, 4.69) is 15.6 Å². The van der Waals surface area contributed by atoms with Crippen LogP contribution in [-0.2, 0) is 20.9 Å². The molecule has 2 amide bonds. The van der Waals surface area contributed by atoms with Crippen LogP contribution in [0.5, 0.6) is 11.5 Å². The number of hydrogen-bond acceptors (Lipinski definition) is 7. The molecule has 4 aromatic rings. The monoisotopic (exact) mass is 545 g/mol. The molecule has 2 aliphatic rings. The molecule has 1 fully saturated rings. The molecule has 3 heterocycles. The number of benzene rings is 3. The average molecular weight is 546 g/mol. The van der Waals surface area contributed by atoms with Crippen molar-refractivity contribution < 1.29 is 28.2 Å². The Labute approximate surface area is 229 Å². The lowest BCUT2D eigenvalue weighted by atomic mass is 10.0. The number of carbonyl (C=O) groups is 2. The van der Waals surface area contributed by atoms with Gasteiger partial charge in [0.25, 0.3) is 0 Å². The number of nitrogens with zero attached hydrogens (tertiary/aromatic N) is 4. The first kappa shape index (κ1) is 25.8. The predicted molar refractivity (Wildman–Crippen MR) is 144 cm³/mol. The van der Waals surface area contributed by atoms with Crippen molar-refractivity contribution in [1.82, 2.24) is 20.3 Å². The van der Waals surface area contributed by atoms with E-state index in [9.17, 15) is 14.0 Å². The summed E-state index contributed by atoms with van der Waals surface area (Å²) in [6, 6.07) is 16.8. The fraction of sp³-hybridized carbons (Fsp3) is 0.310. The minimum atomic E-state index is -1.12. The highest BCUT2D eigenvalue weighted by Gasteiger charge is 2.34. The third kappa shape index (κ3) is 5.32. The van der Waals surface area contributed by atoms with Crippen molar-refractivity contribution in [3.63, 3.8) is 0 Å². The van der Waals surface area contributed by atoms with Gasteiger partial charge in [-0.15, -0.1) is 5.10 Å². The lowest BCUT2D eigenvalue weighted by Gasteiger charge is -2.32. The van der Waals surface area contributed by atoms with E-state index in [1.807, 2.05) is 24.3 Å². The number of fused-ring (bicyclic) bond motifs is 2. The number of aromatic nitrogens is 3. The highest BCUT2D eigenvalue weighted by atomic mass is 19.1. The van der Waals surface area contributed by atoms with E-state index in [1.54, 1.807) is 18.2 Å². The Morgan fingerprint density at radius 3 is 2.62 bits per heavy atom. The zero-order valence-corrected chi connectivity index (χ0v) is 21.7. The Morgan fingerprint density at radius 1 is 1.02 bits per heavy atom. The van der Waals surface area contributed by atoms with Crippen LogP contribution in [0.3, 0.4) is 0 Å². The summed E-state index contributed by atoms with van der Waals surface area (Å²) in [5.41, 5.74) is 2.18. The molecule has 3 aromatic carbocycles. The molecule has 1 saturated heterocycles. The molecule has 206 valence electrons. The molecule has 0 aliphatic carbocycles. The predicted octanol–water partition coefficient (Wildman–Crippen LogP) is 3.41. The third-order valence-corrected chi connectivity index (χ3v) is 7.00. The van der Waals surface area contributed by atoms with Crippen LogP contribution in [0.25, 0.3) is 11.0 Å². The normalized spacial score (nSPS) is 17.0. The van der Waals surface area contributed by atoms with Gasteiger partial charge in [-0.05, 0) is 54.8 Å². The number of nitrogens with one attached hydrogen (secondary N) is 1. The van der Waals surface area contributed by atoms with E-state index in [1.165, 1.54) is 33.8 Å². The van der Waals surface area contributed by atoms with Crippen LogP contribution in [0.15, 0.2) is 66.7 Å². The molecule has 0 saturated carbocycles. The van der Waals surface area contributed by atoms with Gasteiger partial charge in [-0.2, -0.15) is 0 Å². The van der Waals surface area contributed by atoms with Gasteiger partial charge in [-0.3, -0.25) is 14.5 Å². The Bertz CT molecular complexity index is 1520. The minimum Gasteiger partial charge on any atom is -0.486 e. The van der Waals surface area contributed by atoms with Crippen LogP contribution in [0.2, 0.25) is 0 Å². The van der Waals surface area contributed by atoms with Gasteiger partial charge in [0.15, 0.2) is 11.5 Å². The highest BCUT2D eigenvalue weighted by molar-refractivity contribution is 6.01. The fourth-order valence-corrected chi connectivity index (χ4v) is 5.04. The SMILES string of the molecule is O=C(NC[C@H]1CCCO1)[C@@H](c1ccc(F)cc1)N(C(=O)Cn1nnc2ccccc21)c1ccc2c(c1)OCCO2. The van der Waals surface area contributed by atoms with E-state index in [-0.39, 0.29) is 12.6 Å². The van der Waals surface area contributed by atoms with Crippen LogP contribution in [0.1, 0.15) is 24.4 Å². The van der Waals surface area contributed by atoms with E-state index in [0.29, 0.717) is 60.1 Å². The Morgan fingerprint density at radius 2 is 1.82 bits per heavy atom. The second-order valence-electron chi connectivity index (χ2n) is 9.66. The van der Waals surface area contributed by atoms with E-state index >= 15 is 0 Å². The van der Waals surface area contributed by atoms with Gasteiger partial charge in [0, 0.05) is 24.9 Å². The second-order valence-corrected chi connectivity index (χ2v) is 9.66. The maximum atomic E-state index is 14.2. The quantitative estimate of drug-likeness (QED) is 0.362. The zero-order valence-electron chi connectivity index (χ0n) is 21.7. The summed E-state index contributed by atoms with van der Waals surface area (Å²) >= 11 is 0. The van der Waals surface area contributed by atoms with Crippen LogP contribution >= 0.6 is 0 Å². The molecular weight excluding hydrogens is 517 g/mol. The molecule has 0 unspecified atom stereocenters. The first-order chi connectivity index (χ1) is 19.6. The molecule has 11 heteroatoms. The standard InChI is InChI=1S/C29H28FN5O5/c30-20-9-7-19(8-10-20)28(29(37)31-17-22-4-3-13-38-22)35(21-11-12-25-26(16-21)40-15-14-39-25)27(36)18-34-24-6-2-1-5-23(24)32-33-34/h1-2,5-12,16,22,28H,3-4,13-15,17-18H2,(H,31,37)/t22-,28-/m1/s1. The topological polar surface area (TPSA) is 108 Å². The maximum Gasteiger partial charge on any atom is 0.249 e. The van der Waals surface area contributed by atoms with Crippen molar-refractivity contribution in [1.29, 1.82) is 0 Å². The van der Waals surface area contributed by atoms with E-state index in [0.717, 1.165) is 12.8 Å². The number of hydrogen-bond donors (Lipinski definition) is 1. The summed E-state index contributed by atoms with van der Waals surface area (Å²) in [4.78, 5) is 29.4. The fourth-order valence-electron chi connectivity index (χ4n) is 5.04. The molecule has 10 nitrogen and oxygen atoms in total. The summed E-state index contributed by atoms with van der Waals surface area (Å²) in [5.74, 6) is -0.285. The molecule has 1 N–H and O–H groups in total. The molecule has 0 radical (unpaired) electrons. The molecule has 6 rings (SSSR count). The van der Waals surface area contributed by atoms with Crippen molar-refractivity contribution in [2.45, 2.75) is 31.5 Å². The van der Waals surface area contributed by atoms with Crippen molar-refractivity contribution in [2.75, 3.05) is 31.3 Å². The Hall–Kier alpha value is -4.51. The number of rotatable bonds is 8. The molecule has 0 spiro atoms. The lowest BCUT2D eigenvalue weighted by molar-refractivity contribution is -0.127. The van der Waals surface area contributed by atoms with Crippen molar-refractivity contribution >= 4 is 28.5 Å². The van der Waals surface area contributed by atoms with Gasteiger partial charge in [-0.1, -0.05) is 29.5 Å². The van der Waals surface area contributed by atoms with Crippen LogP contribution < -0.4 is 19.7 Å². The molecule has 2 aliphatic heterocycles. The summed E-state index contributed by atoms with van der Waals surface area (Å²) in [6.07, 6.45) is 1.67. The van der Waals surface area contributed by atoms with Gasteiger partial charge < -0.3 is 19.5 Å². The molecule has 1 aromatic heterocycles. The maximum absolute atomic E-state index is 14.2. The Kier molecular flexibility index (Phi) is 7.28. The average Bonchev–Trinajstić information content (AvgIpc) is 3.65. The minimum absolute atomic E-state index is 0.0993. The number of anilines is 1. The highest BCUT2D eigenvalue weighted by Crippen LogP contribution is 2.37. The smallest absolute Gasteiger partial charge is 0.249 e. The first-order valence-electron chi connectivity index (χ1n) is 13.2. The number of para-hydroxylation sites is 1. The van der Waals surface area contributed by atoms with E-state index < -0.39 is 23.7 Å². The summed E-state index contributed by atoms with van der Waals surface area (Å²) in [5, 5.41) is 11.3. The van der Waals surface area contributed by atoms with Crippen LogP contribution in [0.4, 0.5) is 10.1 Å². The van der Waals surface area contributed by atoms with E-state index in [4.69, 9.17) is 14.2 Å². The van der Waals surface area contributed by atoms with Crippen LogP contribution in [0, 0.1) is 5.82 Å². The lowest BCUT2D eigenvalue weighted by Crippen LogP contribution is -2.46. The number of carbonyl (C=O) groups excluding carboxylic acids is 2. The van der Waals surface area contributed by atoms with Gasteiger partial charge in [0.1, 0.15) is 37.1 Å². The summed E-state index contributed by atoms with van der Waals surface area (Å²) < 4.78 is 32.5. The van der Waals surface area contributed by atoms with Gasteiger partial charge in [0.2, 0.25) is 11.8 Å². The number of halogens is 1.